The second kappa shape index (κ2) is 8.86. The number of nitrogens with one attached hydrogen (secondary N) is 1. The van der Waals surface area contributed by atoms with Gasteiger partial charge in [-0.3, -0.25) is 14.2 Å². The summed E-state index contributed by atoms with van der Waals surface area (Å²) >= 11 is 0. The molecule has 0 radical (unpaired) electrons. The summed E-state index contributed by atoms with van der Waals surface area (Å²) in [5.41, 5.74) is 2.30. The Bertz CT molecular complexity index is 1080. The molecule has 30 heavy (non-hydrogen) atoms. The van der Waals surface area contributed by atoms with Crippen molar-refractivity contribution in [2.75, 3.05) is 37.6 Å². The van der Waals surface area contributed by atoms with Gasteiger partial charge in [0.1, 0.15) is 0 Å². The van der Waals surface area contributed by atoms with Gasteiger partial charge in [-0.25, -0.2) is 4.79 Å². The van der Waals surface area contributed by atoms with Crippen LogP contribution in [0, 0.1) is 0 Å². The fourth-order valence-corrected chi connectivity index (χ4v) is 3.67. The van der Waals surface area contributed by atoms with Crippen molar-refractivity contribution in [3.05, 3.63) is 65.1 Å². The van der Waals surface area contributed by atoms with E-state index in [1.165, 1.54) is 4.57 Å². The number of carbonyl (C=O) groups is 2. The van der Waals surface area contributed by atoms with Crippen LogP contribution in [0.4, 0.5) is 5.69 Å². The number of fused-ring (bicyclic) bond motifs is 1. The highest BCUT2D eigenvalue weighted by molar-refractivity contribution is 5.85. The summed E-state index contributed by atoms with van der Waals surface area (Å²) in [5.74, 6) is -0.859. The summed E-state index contributed by atoms with van der Waals surface area (Å²) in [7, 11) is 0. The van der Waals surface area contributed by atoms with Crippen LogP contribution in [-0.2, 0) is 16.1 Å². The lowest BCUT2D eigenvalue weighted by Gasteiger charge is -2.36. The van der Waals surface area contributed by atoms with Crippen LogP contribution in [0.5, 0.6) is 0 Å². The number of benzene rings is 2. The van der Waals surface area contributed by atoms with Gasteiger partial charge in [-0.2, -0.15) is 0 Å². The van der Waals surface area contributed by atoms with Gasteiger partial charge in [0, 0.05) is 44.8 Å². The van der Waals surface area contributed by atoms with Crippen molar-refractivity contribution < 1.29 is 14.0 Å². The van der Waals surface area contributed by atoms with E-state index in [2.05, 4.69) is 22.3 Å². The molecule has 156 valence electrons. The second-order valence-corrected chi connectivity index (χ2v) is 7.22. The molecule has 8 heteroatoms. The maximum Gasteiger partial charge on any atom is 0.419 e. The van der Waals surface area contributed by atoms with Gasteiger partial charge in [-0.1, -0.05) is 30.3 Å². The summed E-state index contributed by atoms with van der Waals surface area (Å²) in [6, 6.07) is 17.2. The number of anilines is 1. The van der Waals surface area contributed by atoms with Crippen LogP contribution >= 0.6 is 0 Å². The quantitative estimate of drug-likeness (QED) is 0.667. The van der Waals surface area contributed by atoms with Crippen LogP contribution in [0.25, 0.3) is 11.1 Å². The minimum Gasteiger partial charge on any atom is -0.408 e. The molecule has 2 heterocycles. The van der Waals surface area contributed by atoms with Crippen LogP contribution in [0.1, 0.15) is 6.42 Å². The number of nitrogens with zero attached hydrogens (tertiary/aromatic N) is 3. The standard InChI is InChI=1S/C22H24N4O4/c27-20(10-11-26-18-8-4-5-9-19(18)30-22(26)29)23-16-21(28)25-14-12-24(13-15-25)17-6-2-1-3-7-17/h1-9H,10-16H2,(H,23,27). The molecule has 2 aromatic carbocycles. The van der Waals surface area contributed by atoms with Crippen LogP contribution < -0.4 is 16.0 Å². The Morgan fingerprint density at radius 1 is 0.933 bits per heavy atom. The first-order valence-corrected chi connectivity index (χ1v) is 10.0. The van der Waals surface area contributed by atoms with Gasteiger partial charge in [0.25, 0.3) is 0 Å². The zero-order valence-electron chi connectivity index (χ0n) is 16.6. The highest BCUT2D eigenvalue weighted by Crippen LogP contribution is 2.15. The number of hydrogen-bond donors (Lipinski definition) is 1. The van der Waals surface area contributed by atoms with Crippen molar-refractivity contribution in [2.24, 2.45) is 0 Å². The maximum absolute atomic E-state index is 12.4. The number of amides is 2. The van der Waals surface area contributed by atoms with Gasteiger partial charge in [-0.05, 0) is 24.3 Å². The predicted octanol–water partition coefficient (Wildman–Crippen LogP) is 1.45. The number of oxazole rings is 1. The lowest BCUT2D eigenvalue weighted by molar-refractivity contribution is -0.133. The predicted molar refractivity (Wildman–Crippen MR) is 113 cm³/mol. The Kier molecular flexibility index (Phi) is 5.83. The van der Waals surface area contributed by atoms with Crippen molar-refractivity contribution in [1.29, 1.82) is 0 Å². The van der Waals surface area contributed by atoms with E-state index in [9.17, 15) is 14.4 Å². The molecule has 1 aliphatic heterocycles. The van der Waals surface area contributed by atoms with Gasteiger partial charge >= 0.3 is 5.76 Å². The molecule has 0 unspecified atom stereocenters. The van der Waals surface area contributed by atoms with Gasteiger partial charge < -0.3 is 19.5 Å². The van der Waals surface area contributed by atoms with Gasteiger partial charge in [-0.15, -0.1) is 0 Å². The van der Waals surface area contributed by atoms with E-state index in [-0.39, 0.29) is 31.3 Å². The third-order valence-corrected chi connectivity index (χ3v) is 5.33. The molecule has 8 nitrogen and oxygen atoms in total. The molecule has 0 atom stereocenters. The van der Waals surface area contributed by atoms with E-state index in [1.807, 2.05) is 24.3 Å². The zero-order chi connectivity index (χ0) is 20.9. The van der Waals surface area contributed by atoms with Crippen LogP contribution in [0.15, 0.2) is 63.8 Å². The molecule has 3 aromatic rings. The fraction of sp³-hybridized carbons (Fsp3) is 0.318. The Hall–Kier alpha value is -3.55. The highest BCUT2D eigenvalue weighted by atomic mass is 16.4. The molecule has 1 N–H and O–H groups in total. The van der Waals surface area contributed by atoms with Crippen molar-refractivity contribution in [3.8, 4) is 0 Å². The Morgan fingerprint density at radius 2 is 1.63 bits per heavy atom. The zero-order valence-corrected chi connectivity index (χ0v) is 16.6. The molecule has 1 fully saturated rings. The Labute approximate surface area is 173 Å². The highest BCUT2D eigenvalue weighted by Gasteiger charge is 2.21. The number of para-hydroxylation sites is 3. The molecule has 0 spiro atoms. The largest absolute Gasteiger partial charge is 0.419 e. The normalized spacial score (nSPS) is 14.1. The first kappa shape index (κ1) is 19.8. The number of piperazine rings is 1. The Morgan fingerprint density at radius 3 is 2.40 bits per heavy atom. The molecule has 0 saturated carbocycles. The van der Waals surface area contributed by atoms with E-state index < -0.39 is 5.76 Å². The maximum atomic E-state index is 12.4. The van der Waals surface area contributed by atoms with Gasteiger partial charge in [0.05, 0.1) is 12.1 Å². The van der Waals surface area contributed by atoms with Crippen molar-refractivity contribution in [1.82, 2.24) is 14.8 Å². The number of aryl methyl sites for hydroxylation is 1. The van der Waals surface area contributed by atoms with E-state index in [0.29, 0.717) is 24.2 Å². The van der Waals surface area contributed by atoms with Crippen molar-refractivity contribution in [2.45, 2.75) is 13.0 Å². The SMILES string of the molecule is O=C(CCn1c(=O)oc2ccccc21)NCC(=O)N1CCN(c2ccccc2)CC1. The van der Waals surface area contributed by atoms with E-state index in [0.717, 1.165) is 18.8 Å². The van der Waals surface area contributed by atoms with Gasteiger partial charge in [0.15, 0.2) is 5.58 Å². The number of carbonyl (C=O) groups excluding carboxylic acids is 2. The third kappa shape index (κ3) is 4.37. The third-order valence-electron chi connectivity index (χ3n) is 5.33. The minimum atomic E-state index is -0.489. The number of rotatable bonds is 6. The summed E-state index contributed by atoms with van der Waals surface area (Å²) < 4.78 is 6.59. The monoisotopic (exact) mass is 408 g/mol. The molecular formula is C22H24N4O4. The summed E-state index contributed by atoms with van der Waals surface area (Å²) in [5, 5.41) is 2.66. The lowest BCUT2D eigenvalue weighted by atomic mass is 10.2. The molecule has 0 aliphatic carbocycles. The smallest absolute Gasteiger partial charge is 0.408 e. The molecule has 1 aliphatic rings. The fourth-order valence-electron chi connectivity index (χ4n) is 3.67. The molecule has 2 amide bonds. The molecule has 0 bridgehead atoms. The van der Waals surface area contributed by atoms with Crippen molar-refractivity contribution >= 4 is 28.6 Å². The number of aromatic nitrogens is 1. The number of hydrogen-bond acceptors (Lipinski definition) is 5. The van der Waals surface area contributed by atoms with Crippen molar-refractivity contribution in [3.63, 3.8) is 0 Å². The van der Waals surface area contributed by atoms with Gasteiger partial charge in [0.2, 0.25) is 11.8 Å². The first-order valence-electron chi connectivity index (χ1n) is 10.0. The van der Waals surface area contributed by atoms with E-state index in [1.54, 1.807) is 23.1 Å². The average Bonchev–Trinajstić information content (AvgIpc) is 3.11. The van der Waals surface area contributed by atoms with Crippen LogP contribution in [0.3, 0.4) is 0 Å². The topological polar surface area (TPSA) is 87.8 Å². The first-order chi connectivity index (χ1) is 14.6. The molecule has 4 rings (SSSR count). The van der Waals surface area contributed by atoms with Crippen LogP contribution in [0.2, 0.25) is 0 Å². The summed E-state index contributed by atoms with van der Waals surface area (Å²) in [4.78, 5) is 40.6. The average molecular weight is 408 g/mol. The van der Waals surface area contributed by atoms with Crippen LogP contribution in [-0.4, -0.2) is 54.0 Å². The molecular weight excluding hydrogens is 384 g/mol. The lowest BCUT2D eigenvalue weighted by Crippen LogP contribution is -2.51. The summed E-state index contributed by atoms with van der Waals surface area (Å²) in [6.45, 7) is 2.94. The van der Waals surface area contributed by atoms with E-state index in [4.69, 9.17) is 4.42 Å². The minimum absolute atomic E-state index is 0.0365. The molecule has 1 aromatic heterocycles. The second-order valence-electron chi connectivity index (χ2n) is 7.22. The molecule has 1 saturated heterocycles. The Balaban J connectivity index is 1.23. The van der Waals surface area contributed by atoms with E-state index >= 15 is 0 Å². The summed E-state index contributed by atoms with van der Waals surface area (Å²) in [6.07, 6.45) is 0.0957.